The normalized spacial score (nSPS) is 18.5. The van der Waals surface area contributed by atoms with Crippen molar-refractivity contribution in [3.8, 4) is 0 Å². The topological polar surface area (TPSA) is 12.0 Å². The second-order valence-electron chi connectivity index (χ2n) is 5.04. The molecule has 1 aromatic carbocycles. The Morgan fingerprint density at radius 2 is 2.12 bits per heavy atom. The van der Waals surface area contributed by atoms with Gasteiger partial charge in [0.1, 0.15) is 0 Å². The van der Waals surface area contributed by atoms with Crippen molar-refractivity contribution in [1.82, 2.24) is 5.32 Å². The van der Waals surface area contributed by atoms with Gasteiger partial charge in [0.05, 0.1) is 0 Å². The summed E-state index contributed by atoms with van der Waals surface area (Å²) in [4.78, 5) is 0. The Morgan fingerprint density at radius 1 is 1.35 bits per heavy atom. The van der Waals surface area contributed by atoms with E-state index in [0.717, 1.165) is 18.9 Å². The molecule has 1 N–H and O–H groups in total. The predicted molar refractivity (Wildman–Crippen MR) is 77.3 cm³/mol. The molecule has 0 aliphatic heterocycles. The maximum absolute atomic E-state index is 3.68. The average molecular weight is 296 g/mol. The van der Waals surface area contributed by atoms with Crippen LogP contribution in [0.3, 0.4) is 0 Å². The van der Waals surface area contributed by atoms with E-state index in [-0.39, 0.29) is 0 Å². The van der Waals surface area contributed by atoms with Gasteiger partial charge in [-0.25, -0.2) is 0 Å². The van der Waals surface area contributed by atoms with Crippen LogP contribution in [0, 0.1) is 5.92 Å². The van der Waals surface area contributed by atoms with Gasteiger partial charge < -0.3 is 5.32 Å². The first-order valence-electron chi connectivity index (χ1n) is 6.77. The first-order chi connectivity index (χ1) is 8.29. The van der Waals surface area contributed by atoms with Crippen molar-refractivity contribution in [3.63, 3.8) is 0 Å². The van der Waals surface area contributed by atoms with Crippen LogP contribution in [0.15, 0.2) is 28.7 Å². The molecule has 1 nitrogen and oxygen atoms in total. The van der Waals surface area contributed by atoms with E-state index in [2.05, 4.69) is 52.4 Å². The van der Waals surface area contributed by atoms with Crippen LogP contribution in [0.25, 0.3) is 0 Å². The van der Waals surface area contributed by atoms with Crippen LogP contribution in [0.5, 0.6) is 0 Å². The standard InChI is InChI=1S/C15H22BrN/c1-2-17-15(13-7-3-4-8-13)11-12-6-5-9-14(16)10-12/h5-6,9-10,13,15,17H,2-4,7-8,11H2,1H3. The molecule has 0 amide bonds. The number of hydrogen-bond acceptors (Lipinski definition) is 1. The second-order valence-corrected chi connectivity index (χ2v) is 5.96. The summed E-state index contributed by atoms with van der Waals surface area (Å²) in [5, 5.41) is 3.68. The Labute approximate surface area is 113 Å². The van der Waals surface area contributed by atoms with Gasteiger partial charge in [-0.1, -0.05) is 47.8 Å². The highest BCUT2D eigenvalue weighted by Gasteiger charge is 2.24. The van der Waals surface area contributed by atoms with E-state index in [1.165, 1.54) is 35.7 Å². The minimum atomic E-state index is 0.664. The summed E-state index contributed by atoms with van der Waals surface area (Å²) in [7, 11) is 0. The van der Waals surface area contributed by atoms with Crippen LogP contribution in [-0.4, -0.2) is 12.6 Å². The van der Waals surface area contributed by atoms with Crippen molar-refractivity contribution >= 4 is 15.9 Å². The molecular formula is C15H22BrN. The summed E-state index contributed by atoms with van der Waals surface area (Å²) in [6.07, 6.45) is 6.82. The van der Waals surface area contributed by atoms with Gasteiger partial charge in [-0.3, -0.25) is 0 Å². The molecule has 1 aromatic rings. The molecule has 1 aliphatic carbocycles. The maximum Gasteiger partial charge on any atom is 0.0178 e. The summed E-state index contributed by atoms with van der Waals surface area (Å²) in [5.74, 6) is 0.883. The van der Waals surface area contributed by atoms with Gasteiger partial charge in [-0.05, 0) is 49.4 Å². The molecular weight excluding hydrogens is 274 g/mol. The van der Waals surface area contributed by atoms with Crippen LogP contribution in [0.1, 0.15) is 38.2 Å². The first-order valence-corrected chi connectivity index (χ1v) is 7.56. The van der Waals surface area contributed by atoms with Gasteiger partial charge in [-0.2, -0.15) is 0 Å². The van der Waals surface area contributed by atoms with E-state index < -0.39 is 0 Å². The van der Waals surface area contributed by atoms with Crippen molar-refractivity contribution in [1.29, 1.82) is 0 Å². The van der Waals surface area contributed by atoms with Gasteiger partial charge >= 0.3 is 0 Å². The molecule has 0 heterocycles. The van der Waals surface area contributed by atoms with E-state index in [1.54, 1.807) is 0 Å². The van der Waals surface area contributed by atoms with E-state index in [1.807, 2.05) is 0 Å². The van der Waals surface area contributed by atoms with Gasteiger partial charge in [0.2, 0.25) is 0 Å². The summed E-state index contributed by atoms with van der Waals surface area (Å²) in [5.41, 5.74) is 1.44. The average Bonchev–Trinajstić information content (AvgIpc) is 2.82. The number of rotatable bonds is 5. The van der Waals surface area contributed by atoms with E-state index >= 15 is 0 Å². The zero-order valence-electron chi connectivity index (χ0n) is 10.6. The van der Waals surface area contributed by atoms with Crippen LogP contribution in [0.4, 0.5) is 0 Å². The van der Waals surface area contributed by atoms with Gasteiger partial charge in [0.25, 0.3) is 0 Å². The zero-order valence-corrected chi connectivity index (χ0v) is 12.2. The molecule has 1 fully saturated rings. The summed E-state index contributed by atoms with van der Waals surface area (Å²) in [6, 6.07) is 9.39. The molecule has 1 saturated carbocycles. The molecule has 94 valence electrons. The lowest BCUT2D eigenvalue weighted by Crippen LogP contribution is -2.36. The van der Waals surface area contributed by atoms with Crippen LogP contribution < -0.4 is 5.32 Å². The summed E-state index contributed by atoms with van der Waals surface area (Å²) >= 11 is 3.55. The Bertz CT molecular complexity index is 345. The van der Waals surface area contributed by atoms with Crippen LogP contribution in [-0.2, 0) is 6.42 Å². The Balaban J connectivity index is 2.01. The number of hydrogen-bond donors (Lipinski definition) is 1. The molecule has 0 aromatic heterocycles. The molecule has 1 aliphatic rings. The SMILES string of the molecule is CCNC(Cc1cccc(Br)c1)C1CCCC1. The Morgan fingerprint density at radius 3 is 2.76 bits per heavy atom. The fraction of sp³-hybridized carbons (Fsp3) is 0.600. The highest BCUT2D eigenvalue weighted by Crippen LogP contribution is 2.29. The molecule has 1 atom stereocenters. The smallest absolute Gasteiger partial charge is 0.0178 e. The highest BCUT2D eigenvalue weighted by atomic mass is 79.9. The van der Waals surface area contributed by atoms with Crippen LogP contribution >= 0.6 is 15.9 Å². The summed E-state index contributed by atoms with van der Waals surface area (Å²) < 4.78 is 1.19. The largest absolute Gasteiger partial charge is 0.314 e. The van der Waals surface area contributed by atoms with Crippen molar-refractivity contribution in [2.45, 2.75) is 45.1 Å². The fourth-order valence-corrected chi connectivity index (χ4v) is 3.39. The quantitative estimate of drug-likeness (QED) is 0.860. The first kappa shape index (κ1) is 13.1. The summed E-state index contributed by atoms with van der Waals surface area (Å²) in [6.45, 7) is 3.29. The van der Waals surface area contributed by atoms with E-state index in [9.17, 15) is 0 Å². The second kappa shape index (κ2) is 6.55. The maximum atomic E-state index is 3.68. The lowest BCUT2D eigenvalue weighted by Gasteiger charge is -2.24. The van der Waals surface area contributed by atoms with E-state index in [0.29, 0.717) is 6.04 Å². The third-order valence-electron chi connectivity index (χ3n) is 3.78. The monoisotopic (exact) mass is 295 g/mol. The predicted octanol–water partition coefficient (Wildman–Crippen LogP) is 4.16. The number of benzene rings is 1. The molecule has 2 heteroatoms. The van der Waals surface area contributed by atoms with Crippen LogP contribution in [0.2, 0.25) is 0 Å². The molecule has 17 heavy (non-hydrogen) atoms. The van der Waals surface area contributed by atoms with Crippen molar-refractivity contribution < 1.29 is 0 Å². The van der Waals surface area contributed by atoms with Crippen molar-refractivity contribution in [2.24, 2.45) is 5.92 Å². The Kier molecular flexibility index (Phi) is 5.05. The van der Waals surface area contributed by atoms with Gasteiger partial charge in [-0.15, -0.1) is 0 Å². The molecule has 2 rings (SSSR count). The third-order valence-corrected chi connectivity index (χ3v) is 4.27. The lowest BCUT2D eigenvalue weighted by atomic mass is 9.92. The molecule has 0 bridgehead atoms. The number of nitrogens with one attached hydrogen (secondary N) is 1. The lowest BCUT2D eigenvalue weighted by molar-refractivity contribution is 0.362. The van der Waals surface area contributed by atoms with Crippen molar-refractivity contribution in [2.75, 3.05) is 6.54 Å². The molecule has 1 unspecified atom stereocenters. The van der Waals surface area contributed by atoms with Gasteiger partial charge in [0.15, 0.2) is 0 Å². The fourth-order valence-electron chi connectivity index (χ4n) is 2.95. The minimum absolute atomic E-state index is 0.664. The van der Waals surface area contributed by atoms with Crippen molar-refractivity contribution in [3.05, 3.63) is 34.3 Å². The van der Waals surface area contributed by atoms with Gasteiger partial charge in [0, 0.05) is 10.5 Å². The molecule has 0 saturated heterocycles. The highest BCUT2D eigenvalue weighted by molar-refractivity contribution is 9.10. The zero-order chi connectivity index (χ0) is 12.1. The minimum Gasteiger partial charge on any atom is -0.314 e. The molecule has 0 spiro atoms. The van der Waals surface area contributed by atoms with E-state index in [4.69, 9.17) is 0 Å². The number of halogens is 1. The third kappa shape index (κ3) is 3.82. The Hall–Kier alpha value is -0.340. The molecule has 0 radical (unpaired) electrons. The number of likely N-dealkylation sites (N-methyl/N-ethyl adjacent to an activating group) is 1.